The second-order valence-electron chi connectivity index (χ2n) is 12.3. The highest BCUT2D eigenvalue weighted by molar-refractivity contribution is 7.28. The number of hydrogen-bond donors (Lipinski definition) is 0. The van der Waals surface area contributed by atoms with E-state index in [1.807, 2.05) is 0 Å². The number of thiophene rings is 4. The standard InChI is InChI=1S/C37H50F2S4/c1-5-8-11-13-15-26(4)22-28-18-20-40-34(28)32-24-30(38)36(42-32)37-31(39)25-33(43-37)35-29(19-21-41-35)23-27(16-10-7-3)17-14-12-9-6-2/h18-21,24-27H,5-17,22-23H2,1-4H3. The van der Waals surface area contributed by atoms with E-state index in [9.17, 15) is 0 Å². The Hall–Kier alpha value is -1.34. The summed E-state index contributed by atoms with van der Waals surface area (Å²) in [7, 11) is 0. The van der Waals surface area contributed by atoms with Gasteiger partial charge in [-0.05, 0) is 70.8 Å². The average Bonchev–Trinajstić information content (AvgIpc) is 3.79. The van der Waals surface area contributed by atoms with E-state index in [1.54, 1.807) is 34.8 Å². The maximum absolute atomic E-state index is 15.5. The summed E-state index contributed by atoms with van der Waals surface area (Å²) in [6, 6.07) is 7.70. The van der Waals surface area contributed by atoms with E-state index in [-0.39, 0.29) is 11.6 Å². The van der Waals surface area contributed by atoms with Gasteiger partial charge in [0.05, 0.1) is 9.75 Å². The molecule has 4 heterocycles. The molecule has 43 heavy (non-hydrogen) atoms. The zero-order chi connectivity index (χ0) is 30.6. The summed E-state index contributed by atoms with van der Waals surface area (Å²) >= 11 is 6.20. The van der Waals surface area contributed by atoms with Crippen LogP contribution in [0.5, 0.6) is 0 Å². The molecule has 236 valence electrons. The second kappa shape index (κ2) is 18.0. The molecule has 0 spiro atoms. The van der Waals surface area contributed by atoms with E-state index < -0.39 is 0 Å². The van der Waals surface area contributed by atoms with Crippen molar-refractivity contribution in [3.05, 3.63) is 57.8 Å². The van der Waals surface area contributed by atoms with Gasteiger partial charge in [-0.2, -0.15) is 0 Å². The van der Waals surface area contributed by atoms with Gasteiger partial charge in [0.1, 0.15) is 11.6 Å². The largest absolute Gasteiger partial charge is 0.205 e. The Morgan fingerprint density at radius 2 is 1.07 bits per heavy atom. The third-order valence-corrected chi connectivity index (χ3v) is 13.2. The molecule has 0 bridgehead atoms. The Bertz CT molecular complexity index is 1360. The minimum Gasteiger partial charge on any atom is -0.205 e. The normalized spacial score (nSPS) is 13.2. The molecule has 0 fully saturated rings. The van der Waals surface area contributed by atoms with Gasteiger partial charge in [0.15, 0.2) is 0 Å². The van der Waals surface area contributed by atoms with Gasteiger partial charge in [-0.25, -0.2) is 8.78 Å². The van der Waals surface area contributed by atoms with Crippen LogP contribution in [0.2, 0.25) is 0 Å². The highest BCUT2D eigenvalue weighted by atomic mass is 32.1. The van der Waals surface area contributed by atoms with Crippen molar-refractivity contribution in [3.63, 3.8) is 0 Å². The van der Waals surface area contributed by atoms with Crippen molar-refractivity contribution in [1.82, 2.24) is 0 Å². The lowest BCUT2D eigenvalue weighted by atomic mass is 9.89. The van der Waals surface area contributed by atoms with Crippen molar-refractivity contribution in [2.24, 2.45) is 11.8 Å². The molecule has 0 aliphatic carbocycles. The van der Waals surface area contributed by atoms with Crippen molar-refractivity contribution in [2.75, 3.05) is 0 Å². The smallest absolute Gasteiger partial charge is 0.143 e. The molecule has 0 aromatic carbocycles. The first kappa shape index (κ1) is 34.5. The topological polar surface area (TPSA) is 0 Å². The SMILES string of the molecule is CCCCCCC(C)Cc1ccsc1-c1cc(F)c(-c2sc(-c3sccc3CC(CCCC)CCCCCC)cc2F)s1. The van der Waals surface area contributed by atoms with Crippen molar-refractivity contribution in [2.45, 2.75) is 124 Å². The van der Waals surface area contributed by atoms with E-state index in [1.165, 1.54) is 117 Å². The minimum atomic E-state index is -0.308. The van der Waals surface area contributed by atoms with E-state index in [0.717, 1.165) is 32.4 Å². The Morgan fingerprint density at radius 1 is 0.581 bits per heavy atom. The Balaban J connectivity index is 1.49. The predicted molar refractivity (Wildman–Crippen MR) is 191 cm³/mol. The molecule has 0 saturated heterocycles. The molecular weight excluding hydrogens is 611 g/mol. The van der Waals surface area contributed by atoms with Gasteiger partial charge < -0.3 is 0 Å². The Morgan fingerprint density at radius 3 is 1.60 bits per heavy atom. The van der Waals surface area contributed by atoms with Crippen LogP contribution in [0.3, 0.4) is 0 Å². The number of hydrogen-bond acceptors (Lipinski definition) is 4. The van der Waals surface area contributed by atoms with Crippen molar-refractivity contribution in [1.29, 1.82) is 0 Å². The Labute approximate surface area is 275 Å². The molecule has 0 N–H and O–H groups in total. The van der Waals surface area contributed by atoms with Gasteiger partial charge in [0.2, 0.25) is 0 Å². The minimum absolute atomic E-state index is 0.305. The van der Waals surface area contributed by atoms with Crippen LogP contribution in [-0.4, -0.2) is 0 Å². The number of halogens is 2. The lowest BCUT2D eigenvalue weighted by Gasteiger charge is -2.17. The van der Waals surface area contributed by atoms with Crippen molar-refractivity contribution < 1.29 is 8.78 Å². The summed E-state index contributed by atoms with van der Waals surface area (Å²) < 4.78 is 31.0. The van der Waals surface area contributed by atoms with Crippen molar-refractivity contribution in [3.8, 4) is 29.3 Å². The lowest BCUT2D eigenvalue weighted by Crippen LogP contribution is -2.05. The molecule has 4 rings (SSSR count). The number of unbranched alkanes of at least 4 members (excludes halogenated alkanes) is 7. The molecule has 2 atom stereocenters. The third kappa shape index (κ3) is 9.82. The van der Waals surface area contributed by atoms with Crippen LogP contribution in [0.4, 0.5) is 8.78 Å². The molecular formula is C37H50F2S4. The maximum Gasteiger partial charge on any atom is 0.143 e. The van der Waals surface area contributed by atoms with E-state index in [0.29, 0.717) is 21.6 Å². The molecule has 4 aromatic rings. The summed E-state index contributed by atoms with van der Waals surface area (Å²) in [5, 5.41) is 4.26. The second-order valence-corrected chi connectivity index (χ2v) is 16.3. The van der Waals surface area contributed by atoms with Crippen LogP contribution in [0.1, 0.15) is 122 Å². The first-order valence-electron chi connectivity index (χ1n) is 16.7. The first-order valence-corrected chi connectivity index (χ1v) is 20.1. The molecule has 0 saturated carbocycles. The van der Waals surface area contributed by atoms with Gasteiger partial charge in [0, 0.05) is 19.5 Å². The van der Waals surface area contributed by atoms with Gasteiger partial charge in [-0.15, -0.1) is 45.3 Å². The fourth-order valence-electron chi connectivity index (χ4n) is 6.11. The summed E-state index contributed by atoms with van der Waals surface area (Å²) in [4.78, 5) is 5.03. The monoisotopic (exact) mass is 660 g/mol. The maximum atomic E-state index is 15.5. The molecule has 2 unspecified atom stereocenters. The summed E-state index contributed by atoms with van der Waals surface area (Å²) in [6.07, 6.45) is 18.6. The van der Waals surface area contributed by atoms with Gasteiger partial charge in [-0.3, -0.25) is 0 Å². The van der Waals surface area contributed by atoms with Gasteiger partial charge in [-0.1, -0.05) is 111 Å². The molecule has 4 aromatic heterocycles. The molecule has 0 nitrogen and oxygen atoms in total. The molecule has 0 amide bonds. The van der Waals surface area contributed by atoms with Gasteiger partial charge in [0.25, 0.3) is 0 Å². The average molecular weight is 661 g/mol. The van der Waals surface area contributed by atoms with Crippen LogP contribution in [0.25, 0.3) is 29.3 Å². The van der Waals surface area contributed by atoms with Crippen molar-refractivity contribution >= 4 is 45.3 Å². The number of rotatable bonds is 20. The lowest BCUT2D eigenvalue weighted by molar-refractivity contribution is 0.411. The highest BCUT2D eigenvalue weighted by Crippen LogP contribution is 2.47. The molecule has 0 aliphatic rings. The zero-order valence-electron chi connectivity index (χ0n) is 26.6. The quantitative estimate of drug-likeness (QED) is 0.0828. The van der Waals surface area contributed by atoms with Crippen LogP contribution in [0, 0.1) is 23.5 Å². The predicted octanol–water partition coefficient (Wildman–Crippen LogP) is 14.7. The Kier molecular flexibility index (Phi) is 14.4. The highest BCUT2D eigenvalue weighted by Gasteiger charge is 2.23. The third-order valence-electron chi connectivity index (χ3n) is 8.58. The van der Waals surface area contributed by atoms with E-state index in [2.05, 4.69) is 50.6 Å². The molecule has 0 aliphatic heterocycles. The molecule has 0 radical (unpaired) electrons. The van der Waals surface area contributed by atoms with Gasteiger partial charge >= 0.3 is 0 Å². The van der Waals surface area contributed by atoms with Crippen LogP contribution in [0.15, 0.2) is 35.0 Å². The van der Waals surface area contributed by atoms with Crippen LogP contribution >= 0.6 is 45.3 Å². The van der Waals surface area contributed by atoms with Crippen LogP contribution in [-0.2, 0) is 12.8 Å². The summed E-state index contributed by atoms with van der Waals surface area (Å²) in [6.45, 7) is 9.11. The summed E-state index contributed by atoms with van der Waals surface area (Å²) in [5.74, 6) is 0.661. The summed E-state index contributed by atoms with van der Waals surface area (Å²) in [5.41, 5.74) is 2.62. The molecule has 6 heteroatoms. The van der Waals surface area contributed by atoms with E-state index in [4.69, 9.17) is 0 Å². The first-order chi connectivity index (χ1) is 20.9. The van der Waals surface area contributed by atoms with E-state index >= 15 is 8.78 Å². The fourth-order valence-corrected chi connectivity index (χ4v) is 10.5. The van der Waals surface area contributed by atoms with Crippen LogP contribution < -0.4 is 0 Å². The fraction of sp³-hybridized carbons (Fsp3) is 0.568. The zero-order valence-corrected chi connectivity index (χ0v) is 29.9.